The standard InChI is InChI=1S/C13H15N3O5/c1-15(7-3-6-14)13(17)9-21-10-4-5-12(20-2)11(8-10)16(18)19/h4-5,8H,3,7,9H2,1-2H3. The van der Waals surface area contributed by atoms with Crippen LogP contribution in [-0.2, 0) is 4.79 Å². The third-order valence-corrected chi connectivity index (χ3v) is 2.69. The van der Waals surface area contributed by atoms with Gasteiger partial charge in [-0.2, -0.15) is 5.26 Å². The highest BCUT2D eigenvalue weighted by molar-refractivity contribution is 5.77. The average Bonchev–Trinajstić information content (AvgIpc) is 2.49. The molecule has 0 aliphatic carbocycles. The molecule has 0 aliphatic rings. The lowest BCUT2D eigenvalue weighted by Gasteiger charge is -2.15. The molecule has 8 heteroatoms. The first-order valence-electron chi connectivity index (χ1n) is 6.05. The third kappa shape index (κ3) is 4.65. The van der Waals surface area contributed by atoms with Gasteiger partial charge in [-0.3, -0.25) is 14.9 Å². The molecule has 8 nitrogen and oxygen atoms in total. The van der Waals surface area contributed by atoms with E-state index in [1.165, 1.54) is 30.2 Å². The molecular weight excluding hydrogens is 278 g/mol. The second kappa shape index (κ2) is 7.69. The van der Waals surface area contributed by atoms with E-state index >= 15 is 0 Å². The SMILES string of the molecule is COc1ccc(OCC(=O)N(C)CCC#N)cc1[N+](=O)[O-]. The topological polar surface area (TPSA) is 106 Å². The van der Waals surface area contributed by atoms with E-state index in [2.05, 4.69) is 0 Å². The predicted octanol–water partition coefficient (Wildman–Crippen LogP) is 1.35. The summed E-state index contributed by atoms with van der Waals surface area (Å²) in [6, 6.07) is 6.01. The van der Waals surface area contributed by atoms with Crippen LogP contribution in [-0.4, -0.2) is 43.0 Å². The largest absolute Gasteiger partial charge is 0.490 e. The number of methoxy groups -OCH3 is 1. The summed E-state index contributed by atoms with van der Waals surface area (Å²) in [5.74, 6) is -0.00179. The Morgan fingerprint density at radius 2 is 2.24 bits per heavy atom. The van der Waals surface area contributed by atoms with Crippen LogP contribution in [0.1, 0.15) is 6.42 Å². The minimum atomic E-state index is -0.591. The number of benzene rings is 1. The van der Waals surface area contributed by atoms with Crippen LogP contribution < -0.4 is 9.47 Å². The maximum Gasteiger partial charge on any atom is 0.314 e. The summed E-state index contributed by atoms with van der Waals surface area (Å²) in [5.41, 5.74) is -0.236. The van der Waals surface area contributed by atoms with Crippen LogP contribution in [0, 0.1) is 21.4 Å². The Morgan fingerprint density at radius 3 is 2.81 bits per heavy atom. The molecule has 0 aromatic heterocycles. The first kappa shape index (κ1) is 16.2. The van der Waals surface area contributed by atoms with Crippen LogP contribution >= 0.6 is 0 Å². The molecule has 0 unspecified atom stereocenters. The van der Waals surface area contributed by atoms with Crippen molar-refractivity contribution in [1.82, 2.24) is 4.90 Å². The van der Waals surface area contributed by atoms with E-state index < -0.39 is 4.92 Å². The second-order valence-electron chi connectivity index (χ2n) is 4.10. The molecule has 0 radical (unpaired) electrons. The van der Waals surface area contributed by atoms with E-state index in [-0.39, 0.29) is 36.1 Å². The molecule has 0 N–H and O–H groups in total. The maximum atomic E-state index is 11.7. The highest BCUT2D eigenvalue weighted by atomic mass is 16.6. The summed E-state index contributed by atoms with van der Waals surface area (Å²) in [4.78, 5) is 23.3. The van der Waals surface area contributed by atoms with Crippen LogP contribution in [0.15, 0.2) is 18.2 Å². The Morgan fingerprint density at radius 1 is 1.52 bits per heavy atom. The minimum Gasteiger partial charge on any atom is -0.490 e. The number of nitrogens with zero attached hydrogens (tertiary/aromatic N) is 3. The molecule has 1 aromatic carbocycles. The van der Waals surface area contributed by atoms with Crippen LogP contribution in [0.3, 0.4) is 0 Å². The molecule has 0 saturated heterocycles. The van der Waals surface area contributed by atoms with Crippen LogP contribution in [0.5, 0.6) is 11.5 Å². The number of nitriles is 1. The number of rotatable bonds is 7. The number of ether oxygens (including phenoxy) is 2. The zero-order valence-corrected chi connectivity index (χ0v) is 11.7. The molecule has 1 rings (SSSR count). The van der Waals surface area contributed by atoms with Gasteiger partial charge < -0.3 is 14.4 Å². The summed E-state index contributed by atoms with van der Waals surface area (Å²) in [6.07, 6.45) is 0.232. The first-order chi connectivity index (χ1) is 9.99. The molecule has 0 fully saturated rings. The summed E-state index contributed by atoms with van der Waals surface area (Å²) in [5, 5.41) is 19.3. The summed E-state index contributed by atoms with van der Waals surface area (Å²) in [6.45, 7) is 0.0485. The second-order valence-corrected chi connectivity index (χ2v) is 4.10. The number of nitro benzene ring substituents is 1. The Balaban J connectivity index is 2.68. The molecule has 21 heavy (non-hydrogen) atoms. The molecule has 0 heterocycles. The Hall–Kier alpha value is -2.82. The van der Waals surface area contributed by atoms with Crippen LogP contribution in [0.25, 0.3) is 0 Å². The molecule has 0 atom stereocenters. The van der Waals surface area contributed by atoms with Gasteiger partial charge in [0.05, 0.1) is 30.6 Å². The van der Waals surface area contributed by atoms with E-state index in [9.17, 15) is 14.9 Å². The van der Waals surface area contributed by atoms with Gasteiger partial charge in [0.25, 0.3) is 5.91 Å². The Kier molecular flexibility index (Phi) is 5.95. The molecule has 1 amide bonds. The van der Waals surface area contributed by atoms with Crippen molar-refractivity contribution >= 4 is 11.6 Å². The monoisotopic (exact) mass is 293 g/mol. The summed E-state index contributed by atoms with van der Waals surface area (Å²) < 4.78 is 10.1. The van der Waals surface area contributed by atoms with Crippen LogP contribution in [0.2, 0.25) is 0 Å². The molecule has 1 aromatic rings. The van der Waals surface area contributed by atoms with Gasteiger partial charge in [0.1, 0.15) is 5.75 Å². The van der Waals surface area contributed by atoms with Gasteiger partial charge >= 0.3 is 5.69 Å². The minimum absolute atomic E-state index is 0.116. The summed E-state index contributed by atoms with van der Waals surface area (Å²) in [7, 11) is 2.88. The maximum absolute atomic E-state index is 11.7. The normalized spacial score (nSPS) is 9.57. The number of hydrogen-bond donors (Lipinski definition) is 0. The van der Waals surface area contributed by atoms with Gasteiger partial charge in [0, 0.05) is 13.6 Å². The number of likely N-dealkylation sites (N-methyl/N-ethyl adjacent to an activating group) is 1. The zero-order chi connectivity index (χ0) is 15.8. The van der Waals surface area contributed by atoms with Crippen molar-refractivity contribution in [3.63, 3.8) is 0 Å². The van der Waals surface area contributed by atoms with Gasteiger partial charge in [0.2, 0.25) is 0 Å². The van der Waals surface area contributed by atoms with Crippen molar-refractivity contribution in [3.8, 4) is 17.6 Å². The fourth-order valence-corrected chi connectivity index (χ4v) is 1.50. The van der Waals surface area contributed by atoms with Crippen molar-refractivity contribution in [1.29, 1.82) is 5.26 Å². The number of carbonyl (C=O) groups excluding carboxylic acids is 1. The van der Waals surface area contributed by atoms with E-state index in [0.29, 0.717) is 6.54 Å². The van der Waals surface area contributed by atoms with Gasteiger partial charge in [0.15, 0.2) is 12.4 Å². The number of carbonyl (C=O) groups is 1. The molecule has 0 saturated carbocycles. The van der Waals surface area contributed by atoms with Crippen molar-refractivity contribution in [2.75, 3.05) is 27.3 Å². The molecular formula is C13H15N3O5. The highest BCUT2D eigenvalue weighted by Crippen LogP contribution is 2.30. The van der Waals surface area contributed by atoms with Crippen molar-refractivity contribution in [3.05, 3.63) is 28.3 Å². The van der Waals surface area contributed by atoms with Gasteiger partial charge in [-0.1, -0.05) is 0 Å². The van der Waals surface area contributed by atoms with Gasteiger partial charge in [-0.05, 0) is 12.1 Å². The Bertz CT molecular complexity index is 567. The van der Waals surface area contributed by atoms with Crippen molar-refractivity contribution < 1.29 is 19.2 Å². The van der Waals surface area contributed by atoms with Gasteiger partial charge in [-0.15, -0.1) is 0 Å². The molecule has 0 spiro atoms. The van der Waals surface area contributed by atoms with E-state index in [1.54, 1.807) is 7.05 Å². The fourth-order valence-electron chi connectivity index (χ4n) is 1.50. The third-order valence-electron chi connectivity index (χ3n) is 2.69. The Labute approximate surface area is 121 Å². The highest BCUT2D eigenvalue weighted by Gasteiger charge is 2.16. The smallest absolute Gasteiger partial charge is 0.314 e. The van der Waals surface area contributed by atoms with E-state index in [1.807, 2.05) is 6.07 Å². The number of amides is 1. The zero-order valence-electron chi connectivity index (χ0n) is 11.7. The lowest BCUT2D eigenvalue weighted by molar-refractivity contribution is -0.385. The lowest BCUT2D eigenvalue weighted by Crippen LogP contribution is -2.32. The molecule has 0 bridgehead atoms. The first-order valence-corrected chi connectivity index (χ1v) is 6.05. The van der Waals surface area contributed by atoms with Crippen molar-refractivity contribution in [2.45, 2.75) is 6.42 Å². The molecule has 0 aliphatic heterocycles. The summed E-state index contributed by atoms with van der Waals surface area (Å²) >= 11 is 0. The molecule has 112 valence electrons. The quantitative estimate of drug-likeness (QED) is 0.555. The lowest BCUT2D eigenvalue weighted by atomic mass is 10.3. The van der Waals surface area contributed by atoms with E-state index in [4.69, 9.17) is 14.7 Å². The van der Waals surface area contributed by atoms with E-state index in [0.717, 1.165) is 0 Å². The predicted molar refractivity (Wildman–Crippen MR) is 73.0 cm³/mol. The number of nitro groups is 1. The average molecular weight is 293 g/mol. The fraction of sp³-hybridized carbons (Fsp3) is 0.385. The van der Waals surface area contributed by atoms with Crippen LogP contribution in [0.4, 0.5) is 5.69 Å². The van der Waals surface area contributed by atoms with Gasteiger partial charge in [-0.25, -0.2) is 0 Å². The van der Waals surface area contributed by atoms with Crippen molar-refractivity contribution in [2.24, 2.45) is 0 Å². The number of hydrogen-bond acceptors (Lipinski definition) is 6.